The molecule has 2 heterocycles. The lowest BCUT2D eigenvalue weighted by Crippen LogP contribution is -2.29. The summed E-state index contributed by atoms with van der Waals surface area (Å²) < 4.78 is 28.8. The van der Waals surface area contributed by atoms with Crippen molar-refractivity contribution >= 4 is 26.6 Å². The van der Waals surface area contributed by atoms with E-state index < -0.39 is 10.0 Å². The Bertz CT molecular complexity index is 1220. The highest BCUT2D eigenvalue weighted by Crippen LogP contribution is 2.31. The maximum absolute atomic E-state index is 12.6. The lowest BCUT2D eigenvalue weighted by atomic mass is 10.2. The second-order valence-corrected chi connectivity index (χ2v) is 8.64. The van der Waals surface area contributed by atoms with Gasteiger partial charge < -0.3 is 4.90 Å². The van der Waals surface area contributed by atoms with E-state index in [0.717, 1.165) is 24.2 Å². The van der Waals surface area contributed by atoms with Gasteiger partial charge in [-0.3, -0.25) is 9.36 Å². The number of hydrogen-bond acceptors (Lipinski definition) is 5. The van der Waals surface area contributed by atoms with Crippen LogP contribution in [0.3, 0.4) is 0 Å². The summed E-state index contributed by atoms with van der Waals surface area (Å²) in [6, 6.07) is 12.5. The van der Waals surface area contributed by atoms with Gasteiger partial charge in [0.15, 0.2) is 0 Å². The van der Waals surface area contributed by atoms with Crippen LogP contribution in [-0.4, -0.2) is 31.1 Å². The average Bonchev–Trinajstić information content (AvgIpc) is 3.08. The molecule has 28 heavy (non-hydrogen) atoms. The third-order valence-corrected chi connectivity index (χ3v) is 6.64. The van der Waals surface area contributed by atoms with Crippen molar-refractivity contribution in [3.05, 3.63) is 64.2 Å². The van der Waals surface area contributed by atoms with Crippen LogP contribution in [0.2, 0.25) is 0 Å². The van der Waals surface area contributed by atoms with Crippen molar-refractivity contribution in [3.63, 3.8) is 0 Å². The fraction of sp³-hybridized carbons (Fsp3) is 0.300. The van der Waals surface area contributed by atoms with E-state index in [9.17, 15) is 13.2 Å². The molecule has 7 nitrogen and oxygen atoms in total. The van der Waals surface area contributed by atoms with Crippen LogP contribution in [0.25, 0.3) is 10.9 Å². The Morgan fingerprint density at radius 3 is 2.75 bits per heavy atom. The summed E-state index contributed by atoms with van der Waals surface area (Å²) in [5, 5.41) is 0.592. The largest absolute Gasteiger partial charge is 0.363 e. The first-order valence-corrected chi connectivity index (χ1v) is 10.7. The second kappa shape index (κ2) is 7.03. The van der Waals surface area contributed by atoms with E-state index in [0.29, 0.717) is 29.8 Å². The molecule has 0 amide bonds. The molecule has 1 aliphatic rings. The zero-order valence-electron chi connectivity index (χ0n) is 15.8. The third kappa shape index (κ3) is 3.18. The summed E-state index contributed by atoms with van der Waals surface area (Å²) in [4.78, 5) is 19.6. The van der Waals surface area contributed by atoms with Crippen molar-refractivity contribution in [2.24, 2.45) is 7.05 Å². The molecule has 0 saturated carbocycles. The summed E-state index contributed by atoms with van der Waals surface area (Å²) in [6.45, 7) is 3.28. The van der Waals surface area contributed by atoms with Crippen LogP contribution in [0, 0.1) is 0 Å². The van der Waals surface area contributed by atoms with Crippen LogP contribution in [0.15, 0.2) is 52.2 Å². The highest BCUT2D eigenvalue weighted by Gasteiger charge is 2.24. The van der Waals surface area contributed by atoms with Crippen molar-refractivity contribution in [2.75, 3.05) is 18.0 Å². The molecule has 4 rings (SSSR count). The Kier molecular flexibility index (Phi) is 4.68. The molecular formula is C20H22N4O3S. The summed E-state index contributed by atoms with van der Waals surface area (Å²) in [5.41, 5.74) is 2.56. The maximum Gasteiger partial charge on any atom is 0.261 e. The number of fused-ring (bicyclic) bond motifs is 2. The van der Waals surface area contributed by atoms with Gasteiger partial charge in [0.1, 0.15) is 5.82 Å². The van der Waals surface area contributed by atoms with Crippen molar-refractivity contribution < 1.29 is 8.42 Å². The molecule has 0 radical (unpaired) electrons. The number of rotatable bonds is 5. The first-order valence-electron chi connectivity index (χ1n) is 9.23. The third-order valence-electron chi connectivity index (χ3n) is 5.10. The topological polar surface area (TPSA) is 84.3 Å². The standard InChI is InChI=1S/C20H22N4O3S/c1-3-21-28(26,27)15-9-8-14-10-11-24(18(14)12-15)13-19-22-17-7-5-4-6-16(17)20(25)23(19)2/h4-9,12,21H,3,10-11,13H2,1-2H3. The predicted molar refractivity (Wildman–Crippen MR) is 109 cm³/mol. The normalized spacial score (nSPS) is 13.9. The fourth-order valence-corrected chi connectivity index (χ4v) is 4.67. The first kappa shape index (κ1) is 18.6. The number of hydrogen-bond donors (Lipinski definition) is 1. The van der Waals surface area contributed by atoms with Gasteiger partial charge in [-0.1, -0.05) is 25.1 Å². The van der Waals surface area contributed by atoms with E-state index in [1.807, 2.05) is 24.3 Å². The van der Waals surface area contributed by atoms with Crippen LogP contribution in [0.5, 0.6) is 0 Å². The number of aromatic nitrogens is 2. The van der Waals surface area contributed by atoms with Crippen molar-refractivity contribution in [1.29, 1.82) is 0 Å². The molecule has 2 aromatic carbocycles. The number of anilines is 1. The molecule has 0 fully saturated rings. The van der Waals surface area contributed by atoms with Gasteiger partial charge in [-0.25, -0.2) is 18.1 Å². The van der Waals surface area contributed by atoms with Crippen LogP contribution in [-0.2, 0) is 30.0 Å². The van der Waals surface area contributed by atoms with E-state index in [1.54, 1.807) is 36.7 Å². The molecule has 146 valence electrons. The van der Waals surface area contributed by atoms with Crippen LogP contribution in [0.1, 0.15) is 18.3 Å². The van der Waals surface area contributed by atoms with E-state index in [1.165, 1.54) is 0 Å². The molecule has 0 bridgehead atoms. The molecule has 3 aromatic rings. The van der Waals surface area contributed by atoms with E-state index in [2.05, 4.69) is 14.6 Å². The predicted octanol–water partition coefficient (Wildman–Crippen LogP) is 1.79. The molecule has 1 N–H and O–H groups in total. The smallest absolute Gasteiger partial charge is 0.261 e. The molecule has 0 atom stereocenters. The minimum Gasteiger partial charge on any atom is -0.363 e. The van der Waals surface area contributed by atoms with Crippen molar-refractivity contribution in [2.45, 2.75) is 24.8 Å². The first-order chi connectivity index (χ1) is 13.4. The van der Waals surface area contributed by atoms with Gasteiger partial charge in [0, 0.05) is 25.8 Å². The number of nitrogens with one attached hydrogen (secondary N) is 1. The molecular weight excluding hydrogens is 376 g/mol. The summed E-state index contributed by atoms with van der Waals surface area (Å²) in [5.74, 6) is 0.650. The zero-order chi connectivity index (χ0) is 19.9. The minimum absolute atomic E-state index is 0.0801. The van der Waals surface area contributed by atoms with Crippen molar-refractivity contribution in [3.8, 4) is 0 Å². The Balaban J connectivity index is 1.72. The SMILES string of the molecule is CCNS(=O)(=O)c1ccc2c(c1)N(Cc1nc3ccccc3c(=O)n1C)CC2. The molecule has 0 spiro atoms. The number of benzene rings is 2. The van der Waals surface area contributed by atoms with E-state index in [4.69, 9.17) is 0 Å². The molecule has 1 aliphatic heterocycles. The zero-order valence-corrected chi connectivity index (χ0v) is 16.7. The monoisotopic (exact) mass is 398 g/mol. The van der Waals surface area contributed by atoms with Gasteiger partial charge in [0.25, 0.3) is 5.56 Å². The van der Waals surface area contributed by atoms with E-state index in [-0.39, 0.29) is 10.5 Å². The lowest BCUT2D eigenvalue weighted by molar-refractivity contribution is 0.584. The van der Waals surface area contributed by atoms with Gasteiger partial charge in [-0.05, 0) is 36.2 Å². The Morgan fingerprint density at radius 1 is 1.18 bits per heavy atom. The fourth-order valence-electron chi connectivity index (χ4n) is 3.61. The Hall–Kier alpha value is -2.71. The van der Waals surface area contributed by atoms with Crippen LogP contribution >= 0.6 is 0 Å². The van der Waals surface area contributed by atoms with Gasteiger partial charge in [0.05, 0.1) is 22.3 Å². The molecule has 1 aromatic heterocycles. The van der Waals surface area contributed by atoms with Crippen LogP contribution in [0.4, 0.5) is 5.69 Å². The molecule has 0 unspecified atom stereocenters. The summed E-state index contributed by atoms with van der Waals surface area (Å²) in [6.07, 6.45) is 0.832. The Labute approximate surface area is 163 Å². The summed E-state index contributed by atoms with van der Waals surface area (Å²) >= 11 is 0. The molecule has 0 aliphatic carbocycles. The Morgan fingerprint density at radius 2 is 1.96 bits per heavy atom. The van der Waals surface area contributed by atoms with E-state index >= 15 is 0 Å². The highest BCUT2D eigenvalue weighted by molar-refractivity contribution is 7.89. The van der Waals surface area contributed by atoms with Crippen molar-refractivity contribution in [1.82, 2.24) is 14.3 Å². The maximum atomic E-state index is 12.6. The quantitative estimate of drug-likeness (QED) is 0.708. The van der Waals surface area contributed by atoms with Gasteiger partial charge in [-0.15, -0.1) is 0 Å². The number of para-hydroxylation sites is 1. The van der Waals surface area contributed by atoms with Gasteiger partial charge in [0.2, 0.25) is 10.0 Å². The number of sulfonamides is 1. The number of nitrogens with zero attached hydrogens (tertiary/aromatic N) is 3. The average molecular weight is 398 g/mol. The van der Waals surface area contributed by atoms with Gasteiger partial charge >= 0.3 is 0 Å². The minimum atomic E-state index is -3.52. The lowest BCUT2D eigenvalue weighted by Gasteiger charge is -2.21. The second-order valence-electron chi connectivity index (χ2n) is 6.87. The summed E-state index contributed by atoms with van der Waals surface area (Å²) in [7, 11) is -1.80. The van der Waals surface area contributed by atoms with Gasteiger partial charge in [-0.2, -0.15) is 0 Å². The highest BCUT2D eigenvalue weighted by atomic mass is 32.2. The molecule has 8 heteroatoms. The van der Waals surface area contributed by atoms with Crippen LogP contribution < -0.4 is 15.2 Å². The molecule has 0 saturated heterocycles.